The van der Waals surface area contributed by atoms with Crippen LogP contribution in [-0.4, -0.2) is 32.9 Å². The quantitative estimate of drug-likeness (QED) is 0.886. The Labute approximate surface area is 116 Å². The van der Waals surface area contributed by atoms with Gasteiger partial charge >= 0.3 is 0 Å². The number of hydrogen-bond acceptors (Lipinski definition) is 3. The summed E-state index contributed by atoms with van der Waals surface area (Å²) in [6.07, 6.45) is 1.13. The Morgan fingerprint density at radius 3 is 2.79 bits per heavy atom. The van der Waals surface area contributed by atoms with Gasteiger partial charge in [-0.1, -0.05) is 6.07 Å². The van der Waals surface area contributed by atoms with Crippen LogP contribution >= 0.6 is 0 Å². The van der Waals surface area contributed by atoms with E-state index in [9.17, 15) is 0 Å². The van der Waals surface area contributed by atoms with Gasteiger partial charge in [0.2, 0.25) is 0 Å². The van der Waals surface area contributed by atoms with E-state index in [1.165, 1.54) is 16.7 Å². The second-order valence-electron chi connectivity index (χ2n) is 5.53. The summed E-state index contributed by atoms with van der Waals surface area (Å²) >= 11 is 0. The fraction of sp³-hybridized carbons (Fsp3) is 0.625. The highest BCUT2D eigenvalue weighted by atomic mass is 16.5. The van der Waals surface area contributed by atoms with Gasteiger partial charge in [-0.15, -0.1) is 0 Å². The molecule has 1 aromatic carbocycles. The van der Waals surface area contributed by atoms with Gasteiger partial charge in [0, 0.05) is 18.6 Å². The fourth-order valence-corrected chi connectivity index (χ4v) is 2.66. The molecule has 1 saturated heterocycles. The molecule has 0 spiro atoms. The molecule has 19 heavy (non-hydrogen) atoms. The van der Waals surface area contributed by atoms with E-state index < -0.39 is 0 Å². The molecule has 106 valence electrons. The largest absolute Gasteiger partial charge is 0.492 e. The summed E-state index contributed by atoms with van der Waals surface area (Å²) in [6, 6.07) is 4.69. The highest BCUT2D eigenvalue weighted by Gasteiger charge is 2.25. The van der Waals surface area contributed by atoms with Gasteiger partial charge in [0.05, 0.1) is 6.61 Å². The first-order valence-corrected chi connectivity index (χ1v) is 7.07. The van der Waals surface area contributed by atoms with E-state index in [0.717, 1.165) is 25.4 Å². The molecule has 2 rings (SSSR count). The standard InChI is InChI=1S/C16H25NO2/c1-11-7-12(2)13(3)16(8-11)19-10-15(17-4)14-5-6-18-9-14/h7-8,14-15,17H,5-6,9-10H2,1-4H3. The van der Waals surface area contributed by atoms with Gasteiger partial charge in [-0.05, 0) is 57.0 Å². The van der Waals surface area contributed by atoms with Gasteiger partial charge in [-0.3, -0.25) is 0 Å². The summed E-state index contributed by atoms with van der Waals surface area (Å²) in [5.74, 6) is 1.58. The average Bonchev–Trinajstić information content (AvgIpc) is 2.89. The van der Waals surface area contributed by atoms with Crippen LogP contribution in [0, 0.1) is 26.7 Å². The van der Waals surface area contributed by atoms with E-state index in [0.29, 0.717) is 18.6 Å². The maximum atomic E-state index is 6.05. The molecule has 1 aromatic rings. The third kappa shape index (κ3) is 3.48. The van der Waals surface area contributed by atoms with Crippen LogP contribution in [0.2, 0.25) is 0 Å². The Bertz CT molecular complexity index is 425. The van der Waals surface area contributed by atoms with Crippen LogP contribution in [0.5, 0.6) is 5.75 Å². The molecule has 1 aliphatic heterocycles. The Morgan fingerprint density at radius 1 is 1.37 bits per heavy atom. The molecule has 0 aromatic heterocycles. The molecule has 1 heterocycles. The highest BCUT2D eigenvalue weighted by molar-refractivity contribution is 5.41. The van der Waals surface area contributed by atoms with Crippen molar-refractivity contribution in [2.75, 3.05) is 26.9 Å². The second kappa shape index (κ2) is 6.40. The van der Waals surface area contributed by atoms with Crippen molar-refractivity contribution in [2.24, 2.45) is 5.92 Å². The minimum atomic E-state index is 0.364. The van der Waals surface area contributed by atoms with Crippen molar-refractivity contribution in [1.29, 1.82) is 0 Å². The predicted octanol–water partition coefficient (Wildman–Crippen LogP) is 2.62. The number of aryl methyl sites for hydroxylation is 2. The third-order valence-corrected chi connectivity index (χ3v) is 4.09. The number of nitrogens with one attached hydrogen (secondary N) is 1. The molecule has 0 bridgehead atoms. The van der Waals surface area contributed by atoms with Crippen LogP contribution in [0.15, 0.2) is 12.1 Å². The number of ether oxygens (including phenoxy) is 2. The molecule has 3 heteroatoms. The fourth-order valence-electron chi connectivity index (χ4n) is 2.66. The molecular weight excluding hydrogens is 238 g/mol. The van der Waals surface area contributed by atoms with Gasteiger partial charge in [-0.2, -0.15) is 0 Å². The van der Waals surface area contributed by atoms with Crippen LogP contribution in [-0.2, 0) is 4.74 Å². The second-order valence-corrected chi connectivity index (χ2v) is 5.53. The first-order chi connectivity index (χ1) is 9.11. The Kier molecular flexibility index (Phi) is 4.83. The zero-order valence-electron chi connectivity index (χ0n) is 12.5. The van der Waals surface area contributed by atoms with Crippen molar-refractivity contribution in [2.45, 2.75) is 33.2 Å². The topological polar surface area (TPSA) is 30.5 Å². The zero-order chi connectivity index (χ0) is 13.8. The Balaban J connectivity index is 2.00. The van der Waals surface area contributed by atoms with Crippen LogP contribution < -0.4 is 10.1 Å². The van der Waals surface area contributed by atoms with Crippen molar-refractivity contribution in [1.82, 2.24) is 5.32 Å². The maximum Gasteiger partial charge on any atom is 0.122 e. The predicted molar refractivity (Wildman–Crippen MR) is 77.9 cm³/mol. The summed E-state index contributed by atoms with van der Waals surface area (Å²) in [6.45, 7) is 8.80. The van der Waals surface area contributed by atoms with Crippen molar-refractivity contribution in [3.8, 4) is 5.75 Å². The van der Waals surface area contributed by atoms with Crippen molar-refractivity contribution in [3.05, 3.63) is 28.8 Å². The van der Waals surface area contributed by atoms with Crippen molar-refractivity contribution in [3.63, 3.8) is 0 Å². The third-order valence-electron chi connectivity index (χ3n) is 4.09. The maximum absolute atomic E-state index is 6.05. The SMILES string of the molecule is CNC(COc1cc(C)cc(C)c1C)C1CCOC1. The van der Waals surface area contributed by atoms with E-state index in [-0.39, 0.29) is 0 Å². The van der Waals surface area contributed by atoms with E-state index in [1.54, 1.807) is 0 Å². The van der Waals surface area contributed by atoms with Crippen molar-refractivity contribution < 1.29 is 9.47 Å². The molecular formula is C16H25NO2. The smallest absolute Gasteiger partial charge is 0.122 e. The summed E-state index contributed by atoms with van der Waals surface area (Å²) in [7, 11) is 2.00. The van der Waals surface area contributed by atoms with E-state index in [4.69, 9.17) is 9.47 Å². The van der Waals surface area contributed by atoms with E-state index in [1.807, 2.05) is 7.05 Å². The molecule has 3 nitrogen and oxygen atoms in total. The normalized spacial score (nSPS) is 20.5. The molecule has 2 unspecified atom stereocenters. The van der Waals surface area contributed by atoms with Gasteiger partial charge in [-0.25, -0.2) is 0 Å². The van der Waals surface area contributed by atoms with Gasteiger partial charge in [0.15, 0.2) is 0 Å². The lowest BCUT2D eigenvalue weighted by Crippen LogP contribution is -2.39. The Morgan fingerprint density at radius 2 is 2.16 bits per heavy atom. The van der Waals surface area contributed by atoms with E-state index in [2.05, 4.69) is 38.2 Å². The summed E-state index contributed by atoms with van der Waals surface area (Å²) in [5.41, 5.74) is 3.78. The molecule has 1 fully saturated rings. The number of likely N-dealkylation sites (N-methyl/N-ethyl adjacent to an activating group) is 1. The van der Waals surface area contributed by atoms with Crippen LogP contribution in [0.4, 0.5) is 0 Å². The summed E-state index contributed by atoms with van der Waals surface area (Å²) in [5, 5.41) is 3.36. The minimum Gasteiger partial charge on any atom is -0.492 e. The first kappa shape index (κ1) is 14.4. The van der Waals surface area contributed by atoms with Crippen LogP contribution in [0.3, 0.4) is 0 Å². The molecule has 1 N–H and O–H groups in total. The molecule has 0 aliphatic carbocycles. The average molecular weight is 263 g/mol. The number of rotatable bonds is 5. The minimum absolute atomic E-state index is 0.364. The summed E-state index contributed by atoms with van der Waals surface area (Å²) in [4.78, 5) is 0. The molecule has 0 radical (unpaired) electrons. The summed E-state index contributed by atoms with van der Waals surface area (Å²) < 4.78 is 11.5. The van der Waals surface area contributed by atoms with Crippen LogP contribution in [0.1, 0.15) is 23.1 Å². The molecule has 0 saturated carbocycles. The lowest BCUT2D eigenvalue weighted by Gasteiger charge is -2.23. The van der Waals surface area contributed by atoms with E-state index >= 15 is 0 Å². The first-order valence-electron chi connectivity index (χ1n) is 7.07. The van der Waals surface area contributed by atoms with Gasteiger partial charge in [0.1, 0.15) is 12.4 Å². The van der Waals surface area contributed by atoms with Crippen molar-refractivity contribution >= 4 is 0 Å². The van der Waals surface area contributed by atoms with Gasteiger partial charge in [0.25, 0.3) is 0 Å². The molecule has 1 aliphatic rings. The Hall–Kier alpha value is -1.06. The molecule has 0 amide bonds. The lowest BCUT2D eigenvalue weighted by atomic mass is 10.00. The number of benzene rings is 1. The zero-order valence-corrected chi connectivity index (χ0v) is 12.5. The number of hydrogen-bond donors (Lipinski definition) is 1. The van der Waals surface area contributed by atoms with Gasteiger partial charge < -0.3 is 14.8 Å². The highest BCUT2D eigenvalue weighted by Crippen LogP contribution is 2.24. The molecule has 2 atom stereocenters. The lowest BCUT2D eigenvalue weighted by molar-refractivity contribution is 0.162. The monoisotopic (exact) mass is 263 g/mol. The van der Waals surface area contributed by atoms with Crippen LogP contribution in [0.25, 0.3) is 0 Å².